The zero-order valence-corrected chi connectivity index (χ0v) is 12.2. The molecule has 0 radical (unpaired) electrons. The molecule has 0 aromatic carbocycles. The quantitative estimate of drug-likeness (QED) is 0.769. The van der Waals surface area contributed by atoms with Crippen LogP contribution in [-0.4, -0.2) is 38.2 Å². The summed E-state index contributed by atoms with van der Waals surface area (Å²) in [6.45, 7) is 7.74. The van der Waals surface area contributed by atoms with E-state index in [-0.39, 0.29) is 0 Å². The molecule has 0 atom stereocenters. The molecule has 0 amide bonds. The maximum absolute atomic E-state index is 5.71. The minimum atomic E-state index is 0.582. The average molecular weight is 266 g/mol. The predicted octanol–water partition coefficient (Wildman–Crippen LogP) is 2.31. The van der Waals surface area contributed by atoms with E-state index in [1.165, 1.54) is 37.9 Å². The van der Waals surface area contributed by atoms with Crippen molar-refractivity contribution in [2.75, 3.05) is 33.3 Å². The average Bonchev–Trinajstić information content (AvgIpc) is 2.77. The first-order valence-electron chi connectivity index (χ1n) is 7.32. The van der Waals surface area contributed by atoms with Crippen LogP contribution in [0.2, 0.25) is 0 Å². The highest BCUT2D eigenvalue weighted by molar-refractivity contribution is 5.20. The second-order valence-corrected chi connectivity index (χ2v) is 5.28. The highest BCUT2D eigenvalue weighted by atomic mass is 16.5. The predicted molar refractivity (Wildman–Crippen MR) is 76.2 cm³/mol. The molecule has 2 rings (SSSR count). The number of ether oxygens (including phenoxy) is 1. The highest BCUT2D eigenvalue weighted by Gasteiger charge is 2.10. The van der Waals surface area contributed by atoms with Crippen molar-refractivity contribution in [3.63, 3.8) is 0 Å². The van der Waals surface area contributed by atoms with Gasteiger partial charge in [0, 0.05) is 18.7 Å². The smallest absolute Gasteiger partial charge is 0.130 e. The molecule has 0 aliphatic carbocycles. The van der Waals surface area contributed by atoms with Crippen molar-refractivity contribution in [2.45, 2.75) is 39.3 Å². The fourth-order valence-electron chi connectivity index (χ4n) is 2.57. The van der Waals surface area contributed by atoms with Crippen LogP contribution in [0.3, 0.4) is 0 Å². The SMILES string of the molecule is CNCc1cc(COCCN2CCCCC2)oc1C. The molecular weight excluding hydrogens is 240 g/mol. The van der Waals surface area contributed by atoms with Crippen molar-refractivity contribution in [3.05, 3.63) is 23.2 Å². The van der Waals surface area contributed by atoms with Crippen molar-refractivity contribution in [1.82, 2.24) is 10.2 Å². The number of furan rings is 1. The van der Waals surface area contributed by atoms with Gasteiger partial charge >= 0.3 is 0 Å². The topological polar surface area (TPSA) is 37.6 Å². The van der Waals surface area contributed by atoms with Crippen LogP contribution in [0.25, 0.3) is 0 Å². The number of piperidine rings is 1. The summed E-state index contributed by atoms with van der Waals surface area (Å²) in [6.07, 6.45) is 4.06. The van der Waals surface area contributed by atoms with Gasteiger partial charge in [-0.1, -0.05) is 6.42 Å². The van der Waals surface area contributed by atoms with E-state index in [0.717, 1.165) is 31.2 Å². The molecule has 1 aliphatic rings. The minimum absolute atomic E-state index is 0.582. The van der Waals surface area contributed by atoms with E-state index in [2.05, 4.69) is 16.3 Å². The molecule has 0 unspecified atom stereocenters. The summed E-state index contributed by atoms with van der Waals surface area (Å²) in [4.78, 5) is 2.49. The summed E-state index contributed by atoms with van der Waals surface area (Å²) < 4.78 is 11.4. The number of rotatable bonds is 7. The van der Waals surface area contributed by atoms with Crippen LogP contribution in [-0.2, 0) is 17.9 Å². The van der Waals surface area contributed by atoms with Crippen LogP contribution >= 0.6 is 0 Å². The standard InChI is InChI=1S/C15H26N2O2/c1-13-14(11-16-2)10-15(19-13)12-18-9-8-17-6-4-3-5-7-17/h10,16H,3-9,11-12H2,1-2H3. The second-order valence-electron chi connectivity index (χ2n) is 5.28. The number of aryl methyl sites for hydroxylation is 1. The van der Waals surface area contributed by atoms with Crippen molar-refractivity contribution < 1.29 is 9.15 Å². The Balaban J connectivity index is 1.66. The number of nitrogens with one attached hydrogen (secondary N) is 1. The molecule has 0 spiro atoms. The Morgan fingerprint density at radius 2 is 2.11 bits per heavy atom. The lowest BCUT2D eigenvalue weighted by molar-refractivity contribution is 0.0761. The van der Waals surface area contributed by atoms with Gasteiger partial charge in [-0.25, -0.2) is 0 Å². The zero-order valence-electron chi connectivity index (χ0n) is 12.2. The van der Waals surface area contributed by atoms with E-state index in [1.54, 1.807) is 0 Å². The van der Waals surface area contributed by atoms with Crippen molar-refractivity contribution in [1.29, 1.82) is 0 Å². The van der Waals surface area contributed by atoms with Crippen LogP contribution in [0.4, 0.5) is 0 Å². The molecule has 108 valence electrons. The molecule has 0 saturated carbocycles. The van der Waals surface area contributed by atoms with E-state index < -0.39 is 0 Å². The molecule has 1 fully saturated rings. The normalized spacial score (nSPS) is 16.9. The van der Waals surface area contributed by atoms with E-state index in [4.69, 9.17) is 9.15 Å². The Hall–Kier alpha value is -0.840. The summed E-state index contributed by atoms with van der Waals surface area (Å²) in [7, 11) is 1.95. The summed E-state index contributed by atoms with van der Waals surface area (Å²) in [5.74, 6) is 1.92. The van der Waals surface area contributed by atoms with Gasteiger partial charge in [0.1, 0.15) is 18.1 Å². The van der Waals surface area contributed by atoms with Crippen molar-refractivity contribution in [2.24, 2.45) is 0 Å². The highest BCUT2D eigenvalue weighted by Crippen LogP contribution is 2.15. The third kappa shape index (κ3) is 4.64. The molecule has 1 saturated heterocycles. The first-order valence-corrected chi connectivity index (χ1v) is 7.32. The van der Waals surface area contributed by atoms with Gasteiger partial charge < -0.3 is 19.4 Å². The lowest BCUT2D eigenvalue weighted by Gasteiger charge is -2.25. The molecule has 1 aromatic heterocycles. The van der Waals surface area contributed by atoms with Crippen LogP contribution in [0, 0.1) is 6.92 Å². The summed E-state index contributed by atoms with van der Waals surface area (Å²) >= 11 is 0. The molecule has 4 nitrogen and oxygen atoms in total. The summed E-state index contributed by atoms with van der Waals surface area (Å²) in [5, 5.41) is 3.14. The van der Waals surface area contributed by atoms with Gasteiger partial charge in [-0.3, -0.25) is 0 Å². The molecule has 1 N–H and O–H groups in total. The fraction of sp³-hybridized carbons (Fsp3) is 0.733. The molecule has 19 heavy (non-hydrogen) atoms. The van der Waals surface area contributed by atoms with E-state index in [9.17, 15) is 0 Å². The Morgan fingerprint density at radius 1 is 1.32 bits per heavy atom. The Labute approximate surface area is 116 Å². The number of likely N-dealkylation sites (tertiary alicyclic amines) is 1. The zero-order chi connectivity index (χ0) is 13.5. The van der Waals surface area contributed by atoms with Gasteiger partial charge in [-0.15, -0.1) is 0 Å². The molecule has 4 heteroatoms. The maximum atomic E-state index is 5.71. The first kappa shape index (κ1) is 14.6. The number of hydrogen-bond donors (Lipinski definition) is 1. The number of nitrogens with zero attached hydrogens (tertiary/aromatic N) is 1. The fourth-order valence-corrected chi connectivity index (χ4v) is 2.57. The lowest BCUT2D eigenvalue weighted by Crippen LogP contribution is -2.32. The van der Waals surface area contributed by atoms with E-state index in [0.29, 0.717) is 6.61 Å². The monoisotopic (exact) mass is 266 g/mol. The van der Waals surface area contributed by atoms with Crippen LogP contribution in [0.5, 0.6) is 0 Å². The minimum Gasteiger partial charge on any atom is -0.464 e. The largest absolute Gasteiger partial charge is 0.464 e. The molecule has 1 aromatic rings. The third-order valence-electron chi connectivity index (χ3n) is 3.68. The van der Waals surface area contributed by atoms with E-state index >= 15 is 0 Å². The van der Waals surface area contributed by atoms with E-state index in [1.807, 2.05) is 14.0 Å². The van der Waals surface area contributed by atoms with Crippen LogP contribution in [0.1, 0.15) is 36.3 Å². The van der Waals surface area contributed by atoms with Gasteiger partial charge in [0.25, 0.3) is 0 Å². The van der Waals surface area contributed by atoms with Gasteiger partial charge in [-0.05, 0) is 46.0 Å². The van der Waals surface area contributed by atoms with Gasteiger partial charge in [0.2, 0.25) is 0 Å². The second kappa shape index (κ2) is 7.68. The van der Waals surface area contributed by atoms with Gasteiger partial charge in [0.15, 0.2) is 0 Å². The number of hydrogen-bond acceptors (Lipinski definition) is 4. The van der Waals surface area contributed by atoms with Crippen LogP contribution in [0.15, 0.2) is 10.5 Å². The first-order chi connectivity index (χ1) is 9.29. The summed E-state index contributed by atoms with van der Waals surface area (Å²) in [5.41, 5.74) is 1.22. The summed E-state index contributed by atoms with van der Waals surface area (Å²) in [6, 6.07) is 2.09. The Kier molecular flexibility index (Phi) is 5.89. The molecule has 0 bridgehead atoms. The third-order valence-corrected chi connectivity index (χ3v) is 3.68. The van der Waals surface area contributed by atoms with Crippen molar-refractivity contribution >= 4 is 0 Å². The maximum Gasteiger partial charge on any atom is 0.130 e. The molecule has 1 aliphatic heterocycles. The Morgan fingerprint density at radius 3 is 2.84 bits per heavy atom. The Bertz CT molecular complexity index is 370. The van der Waals surface area contributed by atoms with Gasteiger partial charge in [-0.2, -0.15) is 0 Å². The lowest BCUT2D eigenvalue weighted by atomic mass is 10.1. The van der Waals surface area contributed by atoms with Gasteiger partial charge in [0.05, 0.1) is 6.61 Å². The van der Waals surface area contributed by atoms with Crippen LogP contribution < -0.4 is 5.32 Å². The molecular formula is C15H26N2O2. The van der Waals surface area contributed by atoms with Crippen molar-refractivity contribution in [3.8, 4) is 0 Å². The molecule has 2 heterocycles.